The molecule has 0 saturated carbocycles. The molecule has 0 aliphatic carbocycles. The molecule has 8 nitrogen and oxygen atoms in total. The molecule has 0 amide bonds. The molecule has 8 heteroatoms. The van der Waals surface area contributed by atoms with Crippen molar-refractivity contribution in [2.45, 2.75) is 6.92 Å². The van der Waals surface area contributed by atoms with Crippen molar-refractivity contribution in [3.05, 3.63) is 41.5 Å². The van der Waals surface area contributed by atoms with Crippen LogP contribution in [0.5, 0.6) is 0 Å². The van der Waals surface area contributed by atoms with Gasteiger partial charge in [-0.3, -0.25) is 0 Å². The third-order valence-corrected chi connectivity index (χ3v) is 3.93. The van der Waals surface area contributed by atoms with E-state index in [9.17, 15) is 0 Å². The first-order valence-corrected chi connectivity index (χ1v) is 8.90. The van der Waals surface area contributed by atoms with Crippen LogP contribution in [-0.4, -0.2) is 61.6 Å². The molecule has 0 radical (unpaired) electrons. The minimum Gasteiger partial charge on any atom is -0.378 e. The number of allylic oxidation sites excluding steroid dienone is 1. The summed E-state index contributed by atoms with van der Waals surface area (Å²) in [4.78, 5) is 17.4. The Morgan fingerprint density at radius 3 is 2.59 bits per heavy atom. The predicted molar refractivity (Wildman–Crippen MR) is 109 cm³/mol. The van der Waals surface area contributed by atoms with E-state index < -0.39 is 0 Å². The van der Waals surface area contributed by atoms with Crippen LogP contribution < -0.4 is 15.2 Å². The fourth-order valence-corrected chi connectivity index (χ4v) is 2.55. The zero-order chi connectivity index (χ0) is 19.1. The zero-order valence-corrected chi connectivity index (χ0v) is 16.0. The Hall–Kier alpha value is -3.00. The van der Waals surface area contributed by atoms with Crippen LogP contribution in [0.4, 0.5) is 17.8 Å². The Bertz CT molecular complexity index is 799. The summed E-state index contributed by atoms with van der Waals surface area (Å²) in [6.45, 7) is 4.87. The molecule has 0 unspecified atom stereocenters. The van der Waals surface area contributed by atoms with Gasteiger partial charge in [0.1, 0.15) is 0 Å². The smallest absolute Gasteiger partial charge is 0.250 e. The van der Waals surface area contributed by atoms with E-state index >= 15 is 0 Å². The van der Waals surface area contributed by atoms with Crippen LogP contribution in [0, 0.1) is 0 Å². The summed E-state index contributed by atoms with van der Waals surface area (Å²) in [7, 11) is 3.80. The van der Waals surface area contributed by atoms with Crippen molar-refractivity contribution in [3.63, 3.8) is 0 Å². The Kier molecular flexibility index (Phi) is 6.32. The highest BCUT2D eigenvalue weighted by Gasteiger charge is 2.17. The first-order valence-electron chi connectivity index (χ1n) is 8.90. The molecule has 1 aromatic carbocycles. The van der Waals surface area contributed by atoms with Crippen molar-refractivity contribution in [2.75, 3.05) is 55.6 Å². The average Bonchev–Trinajstić information content (AvgIpc) is 2.69. The number of anilines is 3. The maximum absolute atomic E-state index is 5.40. The summed E-state index contributed by atoms with van der Waals surface area (Å²) in [6.07, 6.45) is 3.81. The number of ether oxygens (including phenoxy) is 1. The summed E-state index contributed by atoms with van der Waals surface area (Å²) >= 11 is 0. The van der Waals surface area contributed by atoms with Gasteiger partial charge < -0.3 is 14.5 Å². The second-order valence-corrected chi connectivity index (χ2v) is 6.42. The van der Waals surface area contributed by atoms with Crippen LogP contribution in [0.2, 0.25) is 0 Å². The van der Waals surface area contributed by atoms with E-state index in [1.807, 2.05) is 44.1 Å². The number of aromatic nitrogens is 3. The van der Waals surface area contributed by atoms with E-state index in [2.05, 4.69) is 48.6 Å². The summed E-state index contributed by atoms with van der Waals surface area (Å²) in [5.74, 6) is 1.63. The lowest BCUT2D eigenvalue weighted by Gasteiger charge is -2.27. The van der Waals surface area contributed by atoms with Crippen LogP contribution in [0.25, 0.3) is 6.08 Å². The molecule has 142 valence electrons. The van der Waals surface area contributed by atoms with Gasteiger partial charge in [0.2, 0.25) is 17.8 Å². The van der Waals surface area contributed by atoms with Crippen molar-refractivity contribution in [1.29, 1.82) is 0 Å². The second-order valence-electron chi connectivity index (χ2n) is 6.42. The molecule has 2 aromatic rings. The fourth-order valence-electron chi connectivity index (χ4n) is 2.55. The molecule has 0 bridgehead atoms. The highest BCUT2D eigenvalue weighted by molar-refractivity contribution is 5.85. The molecule has 2 heterocycles. The Balaban J connectivity index is 1.73. The van der Waals surface area contributed by atoms with E-state index in [4.69, 9.17) is 4.74 Å². The number of nitrogens with one attached hydrogen (secondary N) is 1. The maximum atomic E-state index is 5.40. The number of morpholine rings is 1. The molecule has 1 N–H and O–H groups in total. The topological polar surface area (TPSA) is 78.8 Å². The van der Waals surface area contributed by atoms with Gasteiger partial charge in [-0.25, -0.2) is 5.43 Å². The number of hydrogen-bond acceptors (Lipinski definition) is 8. The minimum absolute atomic E-state index is 0.416. The second kappa shape index (κ2) is 9.09. The van der Waals surface area contributed by atoms with Crippen molar-refractivity contribution < 1.29 is 4.74 Å². The van der Waals surface area contributed by atoms with Gasteiger partial charge in [-0.15, -0.1) is 0 Å². The van der Waals surface area contributed by atoms with Crippen molar-refractivity contribution in [3.8, 4) is 0 Å². The van der Waals surface area contributed by atoms with E-state index in [1.165, 1.54) is 0 Å². The van der Waals surface area contributed by atoms with Crippen LogP contribution >= 0.6 is 0 Å². The highest BCUT2D eigenvalue weighted by atomic mass is 16.5. The summed E-state index contributed by atoms with van der Waals surface area (Å²) in [5.41, 5.74) is 5.07. The van der Waals surface area contributed by atoms with E-state index in [1.54, 1.807) is 6.21 Å². The quantitative estimate of drug-likeness (QED) is 0.620. The molecular formula is C19H25N7O. The lowest BCUT2D eigenvalue weighted by molar-refractivity contribution is 0.122. The average molecular weight is 367 g/mol. The van der Waals surface area contributed by atoms with Gasteiger partial charge in [-0.05, 0) is 18.1 Å². The predicted octanol–water partition coefficient (Wildman–Crippen LogP) is 2.28. The van der Waals surface area contributed by atoms with Gasteiger partial charge in [0.05, 0.1) is 19.4 Å². The van der Waals surface area contributed by atoms with Crippen molar-refractivity contribution in [2.24, 2.45) is 5.10 Å². The van der Waals surface area contributed by atoms with Crippen molar-refractivity contribution in [1.82, 2.24) is 15.0 Å². The van der Waals surface area contributed by atoms with Crippen LogP contribution in [-0.2, 0) is 4.74 Å². The largest absolute Gasteiger partial charge is 0.378 e. The number of nitrogens with zero attached hydrogens (tertiary/aromatic N) is 6. The zero-order valence-electron chi connectivity index (χ0n) is 16.0. The normalized spacial score (nSPS) is 15.2. The Morgan fingerprint density at radius 2 is 1.89 bits per heavy atom. The number of hydrogen-bond donors (Lipinski definition) is 1. The minimum atomic E-state index is 0.416. The number of hydrazone groups is 1. The third-order valence-electron chi connectivity index (χ3n) is 3.93. The van der Waals surface area contributed by atoms with E-state index in [-0.39, 0.29) is 0 Å². The first kappa shape index (κ1) is 18.8. The number of benzene rings is 1. The van der Waals surface area contributed by atoms with Gasteiger partial charge in [0.25, 0.3) is 0 Å². The van der Waals surface area contributed by atoms with Crippen LogP contribution in [0.3, 0.4) is 0 Å². The number of rotatable bonds is 6. The lowest BCUT2D eigenvalue weighted by Crippen LogP contribution is -2.37. The monoisotopic (exact) mass is 367 g/mol. The Morgan fingerprint density at radius 1 is 1.15 bits per heavy atom. The first-order chi connectivity index (χ1) is 13.1. The summed E-state index contributed by atoms with van der Waals surface area (Å²) < 4.78 is 5.40. The molecule has 3 rings (SSSR count). The van der Waals surface area contributed by atoms with E-state index in [0.717, 1.165) is 24.2 Å². The third kappa shape index (κ3) is 5.49. The molecule has 1 aliphatic rings. The van der Waals surface area contributed by atoms with Crippen LogP contribution in [0.15, 0.2) is 41.0 Å². The molecule has 1 aliphatic heterocycles. The fraction of sp³-hybridized carbons (Fsp3) is 0.368. The van der Waals surface area contributed by atoms with Gasteiger partial charge in [0, 0.05) is 27.2 Å². The molecule has 27 heavy (non-hydrogen) atoms. The van der Waals surface area contributed by atoms with Gasteiger partial charge in [-0.2, -0.15) is 20.1 Å². The van der Waals surface area contributed by atoms with E-state index in [0.29, 0.717) is 31.1 Å². The lowest BCUT2D eigenvalue weighted by atomic mass is 10.1. The SMILES string of the molecule is CC(C=NNc1nc(N(C)C)nc(N2CCOCC2)n1)=Cc1ccccc1. The highest BCUT2D eigenvalue weighted by Crippen LogP contribution is 2.16. The Labute approximate surface area is 159 Å². The molecule has 1 aromatic heterocycles. The summed E-state index contributed by atoms with van der Waals surface area (Å²) in [6, 6.07) is 10.1. The molecule has 0 atom stereocenters. The molecular weight excluding hydrogens is 342 g/mol. The van der Waals surface area contributed by atoms with Gasteiger partial charge >= 0.3 is 0 Å². The maximum Gasteiger partial charge on any atom is 0.250 e. The van der Waals surface area contributed by atoms with Crippen molar-refractivity contribution >= 4 is 30.1 Å². The standard InChI is InChI=1S/C19H25N7O/c1-15(13-16-7-5-4-6-8-16)14-20-24-17-21-18(25(2)3)23-19(22-17)26-9-11-27-12-10-26/h4-8,13-14H,9-12H2,1-3H3,(H,21,22,23,24). The molecule has 0 spiro atoms. The molecule has 1 saturated heterocycles. The van der Waals surface area contributed by atoms with Gasteiger partial charge in [0.15, 0.2) is 0 Å². The summed E-state index contributed by atoms with van der Waals surface area (Å²) in [5, 5.41) is 4.27. The molecule has 1 fully saturated rings. The van der Waals surface area contributed by atoms with Crippen LogP contribution in [0.1, 0.15) is 12.5 Å². The van der Waals surface area contributed by atoms with Gasteiger partial charge in [-0.1, -0.05) is 36.4 Å².